The minimum Gasteiger partial charge on any atom is -0.480 e. The van der Waals surface area contributed by atoms with Gasteiger partial charge in [-0.2, -0.15) is 0 Å². The number of benzene rings is 1. The highest BCUT2D eigenvalue weighted by atomic mass is 35.5. The second-order valence-electron chi connectivity index (χ2n) is 4.00. The minimum atomic E-state index is -0.935. The SMILES string of the molecule is O=CBN1CCc2cc(Cl)ccc2C1C(=O)O. The maximum Gasteiger partial charge on any atom is 0.324 e. The van der Waals surface area contributed by atoms with Crippen LogP contribution in [-0.2, 0) is 16.0 Å². The lowest BCUT2D eigenvalue weighted by atomic mass is 9.83. The second kappa shape index (κ2) is 4.90. The molecule has 0 spiro atoms. The molecule has 1 aromatic carbocycles. The van der Waals surface area contributed by atoms with Crippen LogP contribution in [0.1, 0.15) is 17.2 Å². The van der Waals surface area contributed by atoms with Gasteiger partial charge < -0.3 is 14.7 Å². The summed E-state index contributed by atoms with van der Waals surface area (Å²) < 4.78 is 0. The van der Waals surface area contributed by atoms with Crippen molar-refractivity contribution in [1.29, 1.82) is 0 Å². The van der Waals surface area contributed by atoms with Gasteiger partial charge in [0, 0.05) is 5.02 Å². The summed E-state index contributed by atoms with van der Waals surface area (Å²) in [6, 6.07) is 4.46. The van der Waals surface area contributed by atoms with E-state index in [1.807, 2.05) is 0 Å². The summed E-state index contributed by atoms with van der Waals surface area (Å²) in [7, 11) is 0.138. The van der Waals surface area contributed by atoms with Crippen molar-refractivity contribution < 1.29 is 14.7 Å². The summed E-state index contributed by atoms with van der Waals surface area (Å²) in [5.41, 5.74) is 1.68. The van der Waals surface area contributed by atoms with Crippen molar-refractivity contribution in [2.75, 3.05) is 6.54 Å². The first-order valence-corrected chi connectivity index (χ1v) is 5.70. The highest BCUT2D eigenvalue weighted by Crippen LogP contribution is 2.30. The standard InChI is InChI=1S/C11H11BClNO3/c13-8-1-2-9-7(5-8)3-4-14(12-6-15)10(9)11(16)17/h1-2,5-6,10,12H,3-4H2,(H,16,17). The molecule has 88 valence electrons. The van der Waals surface area contributed by atoms with Crippen LogP contribution in [0.15, 0.2) is 18.2 Å². The van der Waals surface area contributed by atoms with Gasteiger partial charge in [0.1, 0.15) is 6.04 Å². The monoisotopic (exact) mass is 251 g/mol. The molecule has 0 bridgehead atoms. The number of carbonyl (C=O) groups excluding carboxylic acids is 1. The first-order valence-electron chi connectivity index (χ1n) is 5.32. The largest absolute Gasteiger partial charge is 0.480 e. The number of aliphatic carboxylic acids is 1. The molecule has 0 radical (unpaired) electrons. The Balaban J connectivity index is 2.42. The maximum absolute atomic E-state index is 11.3. The van der Waals surface area contributed by atoms with Crippen LogP contribution in [0.5, 0.6) is 0 Å². The molecule has 0 aliphatic carbocycles. The molecule has 6 heteroatoms. The zero-order valence-corrected chi connectivity index (χ0v) is 9.85. The summed E-state index contributed by atoms with van der Waals surface area (Å²) in [5, 5.41) is 9.87. The summed E-state index contributed by atoms with van der Waals surface area (Å²) in [6.07, 6.45) is 1.45. The molecule has 4 nitrogen and oxygen atoms in total. The Morgan fingerprint density at radius 1 is 1.59 bits per heavy atom. The predicted octanol–water partition coefficient (Wildman–Crippen LogP) is 0.865. The van der Waals surface area contributed by atoms with Crippen LogP contribution in [-0.4, -0.2) is 36.0 Å². The van der Waals surface area contributed by atoms with E-state index < -0.39 is 12.0 Å². The summed E-state index contributed by atoms with van der Waals surface area (Å²) in [4.78, 5) is 23.5. The third kappa shape index (κ3) is 2.35. The van der Waals surface area contributed by atoms with E-state index in [4.69, 9.17) is 11.6 Å². The Kier molecular flexibility index (Phi) is 3.50. The van der Waals surface area contributed by atoms with Gasteiger partial charge in [0.05, 0.1) is 6.19 Å². The lowest BCUT2D eigenvalue weighted by Gasteiger charge is -2.33. The van der Waals surface area contributed by atoms with Gasteiger partial charge in [0.25, 0.3) is 7.41 Å². The average Bonchev–Trinajstić information content (AvgIpc) is 2.28. The van der Waals surface area contributed by atoms with Crippen molar-refractivity contribution in [3.63, 3.8) is 0 Å². The van der Waals surface area contributed by atoms with Gasteiger partial charge in [-0.25, -0.2) is 0 Å². The molecule has 1 aliphatic rings. The van der Waals surface area contributed by atoms with Gasteiger partial charge >= 0.3 is 5.97 Å². The molecular weight excluding hydrogens is 240 g/mol. The highest BCUT2D eigenvalue weighted by molar-refractivity contribution is 6.64. The number of carboxylic acids is 1. The van der Waals surface area contributed by atoms with E-state index in [1.54, 1.807) is 23.0 Å². The van der Waals surface area contributed by atoms with Crippen LogP contribution >= 0.6 is 11.6 Å². The maximum atomic E-state index is 11.3. The third-order valence-corrected chi connectivity index (χ3v) is 3.21. The first kappa shape index (κ1) is 12.1. The average molecular weight is 251 g/mol. The molecule has 0 aromatic heterocycles. The molecule has 1 heterocycles. The molecule has 0 saturated heterocycles. The van der Waals surface area contributed by atoms with E-state index >= 15 is 0 Å². The summed E-state index contributed by atoms with van der Waals surface area (Å²) in [6.45, 7) is 0.559. The lowest BCUT2D eigenvalue weighted by molar-refractivity contribution is -0.142. The number of halogens is 1. The van der Waals surface area contributed by atoms with Gasteiger partial charge in [-0.15, -0.1) is 0 Å². The fourth-order valence-corrected chi connectivity index (χ4v) is 2.42. The normalized spacial score (nSPS) is 19.5. The fraction of sp³-hybridized carbons (Fsp3) is 0.273. The molecule has 1 aromatic rings. The number of rotatable bonds is 3. The lowest BCUT2D eigenvalue weighted by Crippen LogP contribution is -2.42. The van der Waals surface area contributed by atoms with E-state index in [1.165, 1.54) is 0 Å². The third-order valence-electron chi connectivity index (χ3n) is 2.98. The second-order valence-corrected chi connectivity index (χ2v) is 4.43. The Hall–Kier alpha value is -1.33. The summed E-state index contributed by atoms with van der Waals surface area (Å²) in [5.74, 6) is -0.935. The Labute approximate surface area is 104 Å². The van der Waals surface area contributed by atoms with Gasteiger partial charge in [0.15, 0.2) is 0 Å². The predicted molar refractivity (Wildman–Crippen MR) is 66.1 cm³/mol. The molecule has 0 amide bonds. The first-order chi connectivity index (χ1) is 8.13. The zero-order chi connectivity index (χ0) is 12.4. The molecule has 0 saturated carbocycles. The molecule has 0 fully saturated rings. The molecule has 1 N–H and O–H groups in total. The van der Waals surface area contributed by atoms with Crippen molar-refractivity contribution in [2.45, 2.75) is 12.5 Å². The van der Waals surface area contributed by atoms with Gasteiger partial charge in [0.2, 0.25) is 0 Å². The molecule has 17 heavy (non-hydrogen) atoms. The van der Waals surface area contributed by atoms with E-state index in [0.717, 1.165) is 17.3 Å². The number of nitrogens with zero attached hydrogens (tertiary/aromatic N) is 1. The topological polar surface area (TPSA) is 57.6 Å². The van der Waals surface area contributed by atoms with E-state index in [0.29, 0.717) is 18.0 Å². The molecule has 2 rings (SSSR count). The Bertz CT molecular complexity index is 466. The minimum absolute atomic E-state index is 0.138. The smallest absolute Gasteiger partial charge is 0.324 e. The van der Waals surface area contributed by atoms with Gasteiger partial charge in [-0.3, -0.25) is 4.79 Å². The number of fused-ring (bicyclic) bond motifs is 1. The van der Waals surface area contributed by atoms with Crippen molar-refractivity contribution >= 4 is 31.2 Å². The Morgan fingerprint density at radius 2 is 2.35 bits per heavy atom. The molecule has 1 aliphatic heterocycles. The van der Waals surface area contributed by atoms with Crippen molar-refractivity contribution in [3.8, 4) is 0 Å². The van der Waals surface area contributed by atoms with Crippen LogP contribution in [0.2, 0.25) is 5.02 Å². The van der Waals surface area contributed by atoms with Crippen LogP contribution in [0.25, 0.3) is 0 Å². The van der Waals surface area contributed by atoms with Crippen LogP contribution in [0.4, 0.5) is 0 Å². The van der Waals surface area contributed by atoms with Gasteiger partial charge in [-0.1, -0.05) is 17.7 Å². The fourth-order valence-electron chi connectivity index (χ4n) is 2.23. The van der Waals surface area contributed by atoms with E-state index in [9.17, 15) is 14.7 Å². The van der Waals surface area contributed by atoms with Crippen molar-refractivity contribution in [2.24, 2.45) is 0 Å². The van der Waals surface area contributed by atoms with Crippen LogP contribution < -0.4 is 0 Å². The molecule has 1 unspecified atom stereocenters. The number of carbonyl (C=O) groups is 2. The number of hydrogen-bond donors (Lipinski definition) is 1. The van der Waals surface area contributed by atoms with Crippen molar-refractivity contribution in [1.82, 2.24) is 4.81 Å². The highest BCUT2D eigenvalue weighted by Gasteiger charge is 2.32. The molecular formula is C11H11BClNO3. The zero-order valence-electron chi connectivity index (χ0n) is 9.10. The molecule has 1 atom stereocenters. The summed E-state index contributed by atoms with van der Waals surface area (Å²) >= 11 is 5.88. The van der Waals surface area contributed by atoms with Crippen molar-refractivity contribution in [3.05, 3.63) is 34.3 Å². The van der Waals surface area contributed by atoms with Gasteiger partial charge in [-0.05, 0) is 36.2 Å². The van der Waals surface area contributed by atoms with E-state index in [2.05, 4.69) is 0 Å². The van der Waals surface area contributed by atoms with E-state index in [-0.39, 0.29) is 7.41 Å². The number of carboxylic acid groups (broad SMARTS) is 1. The number of hydrogen-bond acceptors (Lipinski definition) is 3. The Morgan fingerprint density at radius 3 is 3.00 bits per heavy atom. The van der Waals surface area contributed by atoms with Crippen LogP contribution in [0.3, 0.4) is 0 Å². The quantitative estimate of drug-likeness (QED) is 0.640. The van der Waals surface area contributed by atoms with Crippen LogP contribution in [0, 0.1) is 0 Å².